The SMILES string of the molecule is CC(C)(C)c1c2oc3ccccc3oc-2c(C(C)(C)C)c(=O)c1=O. The molecule has 3 rings (SSSR count). The standard InChI is InChI=1S/C20H22O4/c1-19(2,3)13-15(21)16(22)14(20(4,5)6)18-17(13)23-11-9-7-8-10-12(11)24-18/h7-10H,1-6H3. The summed E-state index contributed by atoms with van der Waals surface area (Å²) < 4.78 is 12.1. The third kappa shape index (κ3) is 2.46. The van der Waals surface area contributed by atoms with Gasteiger partial charge >= 0.3 is 0 Å². The summed E-state index contributed by atoms with van der Waals surface area (Å²) in [6, 6.07) is 7.26. The lowest BCUT2D eigenvalue weighted by Gasteiger charge is -2.26. The van der Waals surface area contributed by atoms with E-state index in [1.165, 1.54) is 0 Å². The zero-order chi connectivity index (χ0) is 17.9. The Morgan fingerprint density at radius 1 is 0.667 bits per heavy atom. The molecular formula is C20H22O4. The second-order valence-electron chi connectivity index (χ2n) is 8.22. The first-order valence-corrected chi connectivity index (χ1v) is 8.05. The Morgan fingerprint density at radius 2 is 1.00 bits per heavy atom. The highest BCUT2D eigenvalue weighted by atomic mass is 16.4. The largest absolute Gasteiger partial charge is 0.449 e. The van der Waals surface area contributed by atoms with Crippen molar-refractivity contribution >= 4 is 11.2 Å². The molecule has 0 bridgehead atoms. The van der Waals surface area contributed by atoms with Crippen LogP contribution >= 0.6 is 0 Å². The van der Waals surface area contributed by atoms with Gasteiger partial charge in [0.15, 0.2) is 22.7 Å². The van der Waals surface area contributed by atoms with Gasteiger partial charge in [0.25, 0.3) is 0 Å². The van der Waals surface area contributed by atoms with E-state index in [0.717, 1.165) is 0 Å². The fraction of sp³-hybridized carbons (Fsp3) is 0.400. The number of hydrogen-bond donors (Lipinski definition) is 0. The molecule has 0 N–H and O–H groups in total. The average Bonchev–Trinajstić information content (AvgIpc) is 2.44. The Morgan fingerprint density at radius 3 is 1.29 bits per heavy atom. The summed E-state index contributed by atoms with van der Waals surface area (Å²) in [4.78, 5) is 25.6. The van der Waals surface area contributed by atoms with Crippen molar-refractivity contribution in [2.75, 3.05) is 0 Å². The molecule has 1 aliphatic carbocycles. The normalized spacial score (nSPS) is 12.9. The van der Waals surface area contributed by atoms with Gasteiger partial charge in [-0.2, -0.15) is 0 Å². The van der Waals surface area contributed by atoms with E-state index in [4.69, 9.17) is 8.83 Å². The molecule has 2 aliphatic rings. The monoisotopic (exact) mass is 326 g/mol. The maximum absolute atomic E-state index is 12.8. The molecule has 24 heavy (non-hydrogen) atoms. The molecule has 1 aromatic rings. The summed E-state index contributed by atoms with van der Waals surface area (Å²) in [5.41, 5.74) is -0.251. The summed E-state index contributed by atoms with van der Waals surface area (Å²) in [7, 11) is 0. The van der Waals surface area contributed by atoms with Gasteiger partial charge in [-0.1, -0.05) is 53.7 Å². The molecule has 0 fully saturated rings. The van der Waals surface area contributed by atoms with Crippen LogP contribution in [0.5, 0.6) is 0 Å². The van der Waals surface area contributed by atoms with Gasteiger partial charge in [0.2, 0.25) is 10.9 Å². The van der Waals surface area contributed by atoms with Crippen molar-refractivity contribution < 1.29 is 8.83 Å². The Labute approximate surface area is 140 Å². The van der Waals surface area contributed by atoms with Gasteiger partial charge < -0.3 is 8.83 Å². The molecule has 1 aliphatic heterocycles. The van der Waals surface area contributed by atoms with Crippen molar-refractivity contribution in [2.24, 2.45) is 0 Å². The average molecular weight is 326 g/mol. The summed E-state index contributed by atoms with van der Waals surface area (Å²) in [5.74, 6) is 0.742. The summed E-state index contributed by atoms with van der Waals surface area (Å²) in [6.45, 7) is 11.4. The van der Waals surface area contributed by atoms with E-state index in [1.807, 2.05) is 53.7 Å². The van der Waals surface area contributed by atoms with Crippen molar-refractivity contribution in [1.82, 2.24) is 0 Å². The minimum atomic E-state index is -0.535. The third-order valence-electron chi connectivity index (χ3n) is 4.09. The van der Waals surface area contributed by atoms with Crippen LogP contribution in [-0.4, -0.2) is 0 Å². The molecule has 1 aromatic carbocycles. The van der Waals surface area contributed by atoms with Crippen LogP contribution in [0.1, 0.15) is 52.7 Å². The number of rotatable bonds is 0. The summed E-state index contributed by atoms with van der Waals surface area (Å²) >= 11 is 0. The van der Waals surface area contributed by atoms with Crippen LogP contribution < -0.4 is 10.9 Å². The molecular weight excluding hydrogens is 304 g/mol. The fourth-order valence-electron chi connectivity index (χ4n) is 3.06. The first-order valence-electron chi connectivity index (χ1n) is 8.05. The van der Waals surface area contributed by atoms with Gasteiger partial charge in [-0.15, -0.1) is 0 Å². The molecule has 4 nitrogen and oxygen atoms in total. The number of fused-ring (bicyclic) bond motifs is 2. The van der Waals surface area contributed by atoms with E-state index in [0.29, 0.717) is 33.8 Å². The zero-order valence-electron chi connectivity index (χ0n) is 14.9. The summed E-state index contributed by atoms with van der Waals surface area (Å²) in [5, 5.41) is 0. The van der Waals surface area contributed by atoms with Crippen molar-refractivity contribution in [2.45, 2.75) is 52.4 Å². The molecule has 0 spiro atoms. The van der Waals surface area contributed by atoms with E-state index in [9.17, 15) is 9.59 Å². The van der Waals surface area contributed by atoms with Crippen molar-refractivity contribution in [3.63, 3.8) is 0 Å². The number of benzene rings is 2. The Bertz CT molecular complexity index is 924. The van der Waals surface area contributed by atoms with Crippen molar-refractivity contribution in [1.29, 1.82) is 0 Å². The third-order valence-corrected chi connectivity index (χ3v) is 4.09. The van der Waals surface area contributed by atoms with Crippen LogP contribution in [0.15, 0.2) is 42.7 Å². The van der Waals surface area contributed by atoms with Crippen LogP contribution in [0.3, 0.4) is 0 Å². The molecule has 0 atom stereocenters. The second-order valence-corrected chi connectivity index (χ2v) is 8.22. The highest BCUT2D eigenvalue weighted by molar-refractivity contribution is 5.75. The molecule has 0 radical (unpaired) electrons. The molecule has 0 unspecified atom stereocenters. The lowest BCUT2D eigenvalue weighted by atomic mass is 9.78. The molecule has 0 aromatic heterocycles. The van der Waals surface area contributed by atoms with Crippen molar-refractivity contribution in [3.05, 3.63) is 55.8 Å². The van der Waals surface area contributed by atoms with Crippen LogP contribution in [0.4, 0.5) is 0 Å². The minimum absolute atomic E-state index is 0.366. The van der Waals surface area contributed by atoms with Gasteiger partial charge in [0.05, 0.1) is 11.1 Å². The maximum atomic E-state index is 12.8. The first-order chi connectivity index (χ1) is 11.0. The molecule has 126 valence electrons. The van der Waals surface area contributed by atoms with E-state index in [1.54, 1.807) is 12.1 Å². The van der Waals surface area contributed by atoms with E-state index in [2.05, 4.69) is 0 Å². The molecule has 4 heteroatoms. The number of para-hydroxylation sites is 2. The van der Waals surface area contributed by atoms with Gasteiger partial charge in [0, 0.05) is 0 Å². The highest BCUT2D eigenvalue weighted by Gasteiger charge is 2.36. The molecule has 0 saturated heterocycles. The van der Waals surface area contributed by atoms with Crippen LogP contribution in [0.2, 0.25) is 0 Å². The van der Waals surface area contributed by atoms with Gasteiger partial charge in [-0.05, 0) is 23.0 Å². The highest BCUT2D eigenvalue weighted by Crippen LogP contribution is 2.39. The zero-order valence-corrected chi connectivity index (χ0v) is 14.9. The van der Waals surface area contributed by atoms with Crippen molar-refractivity contribution in [3.8, 4) is 11.5 Å². The van der Waals surface area contributed by atoms with Crippen LogP contribution in [0, 0.1) is 0 Å². The summed E-state index contributed by atoms with van der Waals surface area (Å²) in [6.07, 6.45) is 0. The first kappa shape index (κ1) is 16.5. The predicted octanol–water partition coefficient (Wildman–Crippen LogP) is 4.45. The predicted molar refractivity (Wildman–Crippen MR) is 95.0 cm³/mol. The smallest absolute Gasteiger partial charge is 0.233 e. The van der Waals surface area contributed by atoms with E-state index < -0.39 is 21.7 Å². The van der Waals surface area contributed by atoms with Gasteiger partial charge in [-0.3, -0.25) is 9.59 Å². The second kappa shape index (κ2) is 5.07. The lowest BCUT2D eigenvalue weighted by molar-refractivity contribution is 0.472. The lowest BCUT2D eigenvalue weighted by Crippen LogP contribution is -2.40. The number of hydrogen-bond acceptors (Lipinski definition) is 4. The maximum Gasteiger partial charge on any atom is 0.233 e. The van der Waals surface area contributed by atoms with E-state index in [-0.39, 0.29) is 0 Å². The molecule has 0 saturated carbocycles. The van der Waals surface area contributed by atoms with E-state index >= 15 is 0 Å². The Kier molecular flexibility index (Phi) is 3.48. The Hall–Kier alpha value is -2.36. The van der Waals surface area contributed by atoms with Gasteiger partial charge in [-0.25, -0.2) is 0 Å². The van der Waals surface area contributed by atoms with Crippen LogP contribution in [-0.2, 0) is 10.8 Å². The molecule has 0 amide bonds. The fourth-order valence-corrected chi connectivity index (χ4v) is 3.06. The quantitative estimate of drug-likeness (QED) is 0.452. The Balaban J connectivity index is 2.65. The van der Waals surface area contributed by atoms with Crippen LogP contribution in [0.25, 0.3) is 22.7 Å². The topological polar surface area (TPSA) is 60.4 Å². The van der Waals surface area contributed by atoms with Gasteiger partial charge in [0.1, 0.15) is 0 Å². The minimum Gasteiger partial charge on any atom is -0.449 e. The molecule has 1 heterocycles.